The van der Waals surface area contributed by atoms with Crippen LogP contribution >= 0.6 is 0 Å². The van der Waals surface area contributed by atoms with E-state index < -0.39 is 11.6 Å². The highest BCUT2D eigenvalue weighted by molar-refractivity contribution is 5.80. The molecule has 0 spiro atoms. The van der Waals surface area contributed by atoms with Crippen molar-refractivity contribution in [2.75, 3.05) is 0 Å². The summed E-state index contributed by atoms with van der Waals surface area (Å²) >= 11 is 0. The molecule has 2 heteroatoms. The lowest BCUT2D eigenvalue weighted by atomic mass is 9.98. The summed E-state index contributed by atoms with van der Waals surface area (Å²) in [6, 6.07) is 17.1. The van der Waals surface area contributed by atoms with Gasteiger partial charge >= 0.3 is 0 Å². The molecule has 3 aromatic rings. The Morgan fingerprint density at radius 2 is 1.44 bits per heavy atom. The lowest BCUT2D eigenvalue weighted by Crippen LogP contribution is -1.88. The van der Waals surface area contributed by atoms with Crippen LogP contribution in [0.2, 0.25) is 0 Å². The minimum Gasteiger partial charge on any atom is -0.204 e. The minimum absolute atomic E-state index is 0.710. The first-order valence-electron chi connectivity index (χ1n) is 8.86. The Labute approximate surface area is 147 Å². The molecule has 126 valence electrons. The number of fused-ring (bicyclic) bond motifs is 3. The van der Waals surface area contributed by atoms with E-state index in [1.54, 1.807) is 6.07 Å². The fraction of sp³-hybridized carbons (Fsp3) is 0.217. The molecule has 25 heavy (non-hydrogen) atoms. The van der Waals surface area contributed by atoms with Crippen LogP contribution in [0.1, 0.15) is 36.5 Å². The molecular weight excluding hydrogens is 314 g/mol. The molecule has 3 aromatic carbocycles. The third-order valence-corrected chi connectivity index (χ3v) is 5.02. The van der Waals surface area contributed by atoms with E-state index in [-0.39, 0.29) is 0 Å². The van der Waals surface area contributed by atoms with E-state index >= 15 is 0 Å². The summed E-state index contributed by atoms with van der Waals surface area (Å²) in [5, 5.41) is 0. The molecule has 1 aliphatic carbocycles. The van der Waals surface area contributed by atoms with Gasteiger partial charge in [0.25, 0.3) is 0 Å². The van der Waals surface area contributed by atoms with E-state index in [9.17, 15) is 8.78 Å². The van der Waals surface area contributed by atoms with Crippen LogP contribution in [0.25, 0.3) is 22.3 Å². The van der Waals surface area contributed by atoms with Gasteiger partial charge < -0.3 is 0 Å². The fourth-order valence-corrected chi connectivity index (χ4v) is 3.66. The molecule has 0 heterocycles. The first-order valence-corrected chi connectivity index (χ1v) is 8.86. The van der Waals surface area contributed by atoms with Crippen LogP contribution in [-0.4, -0.2) is 0 Å². The predicted molar refractivity (Wildman–Crippen MR) is 98.6 cm³/mol. The second kappa shape index (κ2) is 6.44. The normalized spacial score (nSPS) is 12.1. The first kappa shape index (κ1) is 16.0. The molecule has 0 fully saturated rings. The fourth-order valence-electron chi connectivity index (χ4n) is 3.66. The number of halogens is 2. The van der Waals surface area contributed by atoms with Crippen LogP contribution < -0.4 is 0 Å². The Hall–Kier alpha value is -2.48. The van der Waals surface area contributed by atoms with Gasteiger partial charge in [-0.05, 0) is 70.3 Å². The van der Waals surface area contributed by atoms with Crippen LogP contribution in [0.4, 0.5) is 8.78 Å². The molecule has 0 unspecified atom stereocenters. The maximum atomic E-state index is 13.5. The van der Waals surface area contributed by atoms with E-state index in [2.05, 4.69) is 37.3 Å². The van der Waals surface area contributed by atoms with Crippen LogP contribution in [-0.2, 0) is 12.8 Å². The molecule has 0 aliphatic heterocycles. The van der Waals surface area contributed by atoms with Crippen molar-refractivity contribution in [2.45, 2.75) is 32.6 Å². The molecular formula is C23H20F2. The van der Waals surface area contributed by atoms with Crippen LogP contribution in [0.15, 0.2) is 54.6 Å². The molecule has 0 atom stereocenters. The highest BCUT2D eigenvalue weighted by atomic mass is 19.2. The third-order valence-electron chi connectivity index (χ3n) is 5.02. The lowest BCUT2D eigenvalue weighted by molar-refractivity contribution is 0.509. The predicted octanol–water partition coefficient (Wildman–Crippen LogP) is 6.55. The Kier molecular flexibility index (Phi) is 4.12. The van der Waals surface area contributed by atoms with Gasteiger partial charge in [-0.3, -0.25) is 0 Å². The summed E-state index contributed by atoms with van der Waals surface area (Å²) in [5.74, 6) is -1.61. The highest BCUT2D eigenvalue weighted by Gasteiger charge is 2.19. The average molecular weight is 334 g/mol. The number of benzene rings is 3. The van der Waals surface area contributed by atoms with Gasteiger partial charge in [-0.1, -0.05) is 55.8 Å². The summed E-state index contributed by atoms with van der Waals surface area (Å²) in [5.41, 5.74) is 8.21. The maximum absolute atomic E-state index is 13.5. The standard InChI is InChI=1S/C23H20F2/c1-2-3-4-15-5-8-20-18(11-15)13-19-12-16(6-9-21(19)20)17-7-10-22(24)23(25)14-17/h5-12,14H,2-4,13H2,1H3. The zero-order chi connectivity index (χ0) is 17.4. The summed E-state index contributed by atoms with van der Waals surface area (Å²) in [6.45, 7) is 2.21. The van der Waals surface area contributed by atoms with Gasteiger partial charge in [-0.2, -0.15) is 0 Å². The molecule has 0 nitrogen and oxygen atoms in total. The molecule has 4 rings (SSSR count). The minimum atomic E-state index is -0.808. The van der Waals surface area contributed by atoms with Crippen molar-refractivity contribution in [2.24, 2.45) is 0 Å². The van der Waals surface area contributed by atoms with Crippen LogP contribution in [0.5, 0.6) is 0 Å². The Morgan fingerprint density at radius 3 is 2.20 bits per heavy atom. The van der Waals surface area contributed by atoms with Crippen LogP contribution in [0, 0.1) is 11.6 Å². The Morgan fingerprint density at radius 1 is 0.760 bits per heavy atom. The Bertz CT molecular complexity index is 941. The summed E-state index contributed by atoms with van der Waals surface area (Å²) < 4.78 is 26.7. The summed E-state index contributed by atoms with van der Waals surface area (Å²) in [7, 11) is 0. The van der Waals surface area contributed by atoms with Gasteiger partial charge in [0, 0.05) is 0 Å². The van der Waals surface area contributed by atoms with E-state index in [1.165, 1.54) is 52.8 Å². The molecule has 0 bridgehead atoms. The van der Waals surface area contributed by atoms with Crippen molar-refractivity contribution in [3.05, 3.63) is 82.9 Å². The lowest BCUT2D eigenvalue weighted by Gasteiger charge is -2.07. The second-order valence-electron chi connectivity index (χ2n) is 6.77. The van der Waals surface area contributed by atoms with Crippen molar-refractivity contribution >= 4 is 0 Å². The van der Waals surface area contributed by atoms with Crippen molar-refractivity contribution in [3.8, 4) is 22.3 Å². The molecule has 0 saturated heterocycles. The average Bonchev–Trinajstić information content (AvgIpc) is 2.99. The van der Waals surface area contributed by atoms with Gasteiger partial charge in [0.05, 0.1) is 0 Å². The van der Waals surface area contributed by atoms with E-state index in [4.69, 9.17) is 0 Å². The first-order chi connectivity index (χ1) is 12.2. The van der Waals surface area contributed by atoms with Gasteiger partial charge in [0.15, 0.2) is 11.6 Å². The van der Waals surface area contributed by atoms with Gasteiger partial charge in [0.1, 0.15) is 0 Å². The van der Waals surface area contributed by atoms with Crippen molar-refractivity contribution in [3.63, 3.8) is 0 Å². The van der Waals surface area contributed by atoms with Crippen LogP contribution in [0.3, 0.4) is 0 Å². The van der Waals surface area contributed by atoms with Crippen molar-refractivity contribution in [1.29, 1.82) is 0 Å². The maximum Gasteiger partial charge on any atom is 0.159 e. The number of hydrogen-bond acceptors (Lipinski definition) is 0. The van der Waals surface area contributed by atoms with Crippen molar-refractivity contribution in [1.82, 2.24) is 0 Å². The topological polar surface area (TPSA) is 0 Å². The van der Waals surface area contributed by atoms with Gasteiger partial charge in [-0.25, -0.2) is 8.78 Å². The monoisotopic (exact) mass is 334 g/mol. The number of unbranched alkanes of at least 4 members (excludes halogenated alkanes) is 1. The molecule has 0 N–H and O–H groups in total. The smallest absolute Gasteiger partial charge is 0.159 e. The molecule has 0 amide bonds. The second-order valence-corrected chi connectivity index (χ2v) is 6.77. The van der Waals surface area contributed by atoms with E-state index in [0.29, 0.717) is 5.56 Å². The van der Waals surface area contributed by atoms with Gasteiger partial charge in [0.2, 0.25) is 0 Å². The van der Waals surface area contributed by atoms with Gasteiger partial charge in [-0.15, -0.1) is 0 Å². The summed E-state index contributed by atoms with van der Waals surface area (Å²) in [6.07, 6.45) is 4.45. The van der Waals surface area contributed by atoms with Crippen molar-refractivity contribution < 1.29 is 8.78 Å². The zero-order valence-corrected chi connectivity index (χ0v) is 14.3. The third kappa shape index (κ3) is 2.97. The molecule has 0 aromatic heterocycles. The highest BCUT2D eigenvalue weighted by Crippen LogP contribution is 2.39. The molecule has 1 aliphatic rings. The molecule has 0 saturated carbocycles. The SMILES string of the molecule is CCCCc1ccc2c(c1)Cc1cc(-c3ccc(F)c(F)c3)ccc1-2. The summed E-state index contributed by atoms with van der Waals surface area (Å²) in [4.78, 5) is 0. The quantitative estimate of drug-likeness (QED) is 0.397. The molecule has 0 radical (unpaired) electrons. The van der Waals surface area contributed by atoms with E-state index in [0.717, 1.165) is 18.4 Å². The largest absolute Gasteiger partial charge is 0.204 e. The number of rotatable bonds is 4. The zero-order valence-electron chi connectivity index (χ0n) is 14.3. The Balaban J connectivity index is 1.67. The number of hydrogen-bond donors (Lipinski definition) is 0. The number of aryl methyl sites for hydroxylation is 1. The van der Waals surface area contributed by atoms with E-state index in [1.807, 2.05) is 6.07 Å².